The van der Waals surface area contributed by atoms with Crippen molar-refractivity contribution >= 4 is 23.5 Å². The first-order valence-electron chi connectivity index (χ1n) is 7.99. The SMILES string of the molecule is NC(=O)CCNC(=O)c1[nH]nc(Nc2ccncn2)c1-c1ccccc1F. The minimum absolute atomic E-state index is 0.0129. The van der Waals surface area contributed by atoms with Gasteiger partial charge < -0.3 is 16.4 Å². The van der Waals surface area contributed by atoms with Gasteiger partial charge in [-0.1, -0.05) is 18.2 Å². The number of rotatable bonds is 7. The molecule has 0 fully saturated rings. The minimum atomic E-state index is -0.544. The van der Waals surface area contributed by atoms with E-state index in [0.29, 0.717) is 5.82 Å². The number of carbonyl (C=O) groups excluding carboxylic acids is 2. The molecular formula is C17H16FN7O2. The summed E-state index contributed by atoms with van der Waals surface area (Å²) in [7, 11) is 0. The van der Waals surface area contributed by atoms with Crippen LogP contribution in [-0.2, 0) is 4.79 Å². The lowest BCUT2D eigenvalue weighted by Gasteiger charge is -2.09. The van der Waals surface area contributed by atoms with Crippen LogP contribution in [-0.4, -0.2) is 38.5 Å². The molecule has 0 aliphatic carbocycles. The van der Waals surface area contributed by atoms with Gasteiger partial charge in [0.05, 0.1) is 5.56 Å². The van der Waals surface area contributed by atoms with Crippen molar-refractivity contribution in [3.05, 3.63) is 54.4 Å². The summed E-state index contributed by atoms with van der Waals surface area (Å²) in [6.07, 6.45) is 2.86. The molecule has 5 N–H and O–H groups in total. The zero-order chi connectivity index (χ0) is 19.2. The Bertz CT molecular complexity index is 959. The van der Waals surface area contributed by atoms with Crippen molar-refractivity contribution in [2.45, 2.75) is 6.42 Å². The summed E-state index contributed by atoms with van der Waals surface area (Å²) in [5.41, 5.74) is 5.53. The molecule has 2 heterocycles. The summed E-state index contributed by atoms with van der Waals surface area (Å²) in [6.45, 7) is 0.0541. The average molecular weight is 369 g/mol. The molecule has 2 aromatic heterocycles. The molecule has 0 spiro atoms. The molecule has 27 heavy (non-hydrogen) atoms. The summed E-state index contributed by atoms with van der Waals surface area (Å²) in [5.74, 6) is -0.956. The van der Waals surface area contributed by atoms with Gasteiger partial charge in [0, 0.05) is 24.7 Å². The second-order valence-corrected chi connectivity index (χ2v) is 5.49. The van der Waals surface area contributed by atoms with E-state index >= 15 is 0 Å². The number of nitrogens with two attached hydrogens (primary N) is 1. The quantitative estimate of drug-likeness (QED) is 0.496. The fourth-order valence-electron chi connectivity index (χ4n) is 2.40. The van der Waals surface area contributed by atoms with E-state index in [1.165, 1.54) is 24.7 Å². The monoisotopic (exact) mass is 369 g/mol. The van der Waals surface area contributed by atoms with Crippen LogP contribution in [0.1, 0.15) is 16.9 Å². The maximum absolute atomic E-state index is 14.4. The number of benzene rings is 1. The number of primary amides is 1. The molecule has 0 atom stereocenters. The Kier molecular flexibility index (Phi) is 5.36. The molecule has 0 radical (unpaired) electrons. The number of aromatic amines is 1. The standard InChI is InChI=1S/C17H16FN7O2/c18-11-4-2-1-3-10(11)14-15(17(27)21-8-5-12(19)26)24-25-16(14)23-13-6-7-20-9-22-13/h1-4,6-7,9H,5,8H2,(H2,19,26)(H,21,27)(H2,20,22,23,24,25). The summed E-state index contributed by atoms with van der Waals surface area (Å²) in [5, 5.41) is 12.2. The second kappa shape index (κ2) is 8.04. The molecule has 10 heteroatoms. The van der Waals surface area contributed by atoms with Gasteiger partial charge in [-0.2, -0.15) is 5.10 Å². The third-order valence-electron chi connectivity index (χ3n) is 3.62. The van der Waals surface area contributed by atoms with E-state index in [-0.39, 0.29) is 35.6 Å². The number of hydrogen-bond donors (Lipinski definition) is 4. The molecule has 138 valence electrons. The normalized spacial score (nSPS) is 10.4. The highest BCUT2D eigenvalue weighted by Gasteiger charge is 2.23. The zero-order valence-corrected chi connectivity index (χ0v) is 14.1. The summed E-state index contributed by atoms with van der Waals surface area (Å²) < 4.78 is 14.4. The van der Waals surface area contributed by atoms with Gasteiger partial charge in [0.25, 0.3) is 5.91 Å². The largest absolute Gasteiger partial charge is 0.370 e. The lowest BCUT2D eigenvalue weighted by Crippen LogP contribution is -2.28. The van der Waals surface area contributed by atoms with Gasteiger partial charge in [0.1, 0.15) is 23.7 Å². The fourth-order valence-corrected chi connectivity index (χ4v) is 2.40. The first kappa shape index (κ1) is 18.0. The lowest BCUT2D eigenvalue weighted by molar-refractivity contribution is -0.117. The van der Waals surface area contributed by atoms with Crippen LogP contribution in [0.5, 0.6) is 0 Å². The molecule has 0 aliphatic rings. The summed E-state index contributed by atoms with van der Waals surface area (Å²) in [4.78, 5) is 31.2. The molecule has 3 rings (SSSR count). The van der Waals surface area contributed by atoms with Crippen LogP contribution in [0.4, 0.5) is 16.0 Å². The van der Waals surface area contributed by atoms with Gasteiger partial charge in [-0.15, -0.1) is 0 Å². The Morgan fingerprint density at radius 1 is 1.22 bits per heavy atom. The highest BCUT2D eigenvalue weighted by molar-refractivity contribution is 6.02. The lowest BCUT2D eigenvalue weighted by atomic mass is 10.0. The predicted molar refractivity (Wildman–Crippen MR) is 95.4 cm³/mol. The van der Waals surface area contributed by atoms with E-state index in [1.54, 1.807) is 18.2 Å². The van der Waals surface area contributed by atoms with Crippen LogP contribution in [0.15, 0.2) is 42.9 Å². The van der Waals surface area contributed by atoms with Gasteiger partial charge in [-0.3, -0.25) is 14.7 Å². The van der Waals surface area contributed by atoms with Crippen LogP contribution in [0, 0.1) is 5.82 Å². The van der Waals surface area contributed by atoms with Gasteiger partial charge in [0.15, 0.2) is 5.82 Å². The van der Waals surface area contributed by atoms with Crippen LogP contribution in [0.25, 0.3) is 11.1 Å². The molecule has 0 unspecified atom stereocenters. The van der Waals surface area contributed by atoms with Crippen molar-refractivity contribution in [1.29, 1.82) is 0 Å². The van der Waals surface area contributed by atoms with Gasteiger partial charge in [0.2, 0.25) is 5.91 Å². The van der Waals surface area contributed by atoms with E-state index in [0.717, 1.165) is 0 Å². The van der Waals surface area contributed by atoms with E-state index in [9.17, 15) is 14.0 Å². The zero-order valence-electron chi connectivity index (χ0n) is 14.1. The number of nitrogens with zero attached hydrogens (tertiary/aromatic N) is 3. The average Bonchev–Trinajstić information content (AvgIpc) is 3.06. The summed E-state index contributed by atoms with van der Waals surface area (Å²) >= 11 is 0. The Labute approximate surface area is 153 Å². The first-order valence-corrected chi connectivity index (χ1v) is 7.99. The number of anilines is 2. The Hall–Kier alpha value is -3.82. The molecule has 0 bridgehead atoms. The highest BCUT2D eigenvalue weighted by Crippen LogP contribution is 2.33. The molecule has 0 saturated heterocycles. The van der Waals surface area contributed by atoms with E-state index in [2.05, 4.69) is 30.8 Å². The van der Waals surface area contributed by atoms with Crippen molar-refractivity contribution < 1.29 is 14.0 Å². The number of amides is 2. The minimum Gasteiger partial charge on any atom is -0.370 e. The number of nitrogens with one attached hydrogen (secondary N) is 3. The van der Waals surface area contributed by atoms with Gasteiger partial charge in [-0.05, 0) is 12.1 Å². The first-order chi connectivity index (χ1) is 13.1. The summed E-state index contributed by atoms with van der Waals surface area (Å²) in [6, 6.07) is 7.61. The highest BCUT2D eigenvalue weighted by atomic mass is 19.1. The van der Waals surface area contributed by atoms with Crippen molar-refractivity contribution in [2.24, 2.45) is 5.73 Å². The number of aromatic nitrogens is 4. The smallest absolute Gasteiger partial charge is 0.270 e. The fraction of sp³-hybridized carbons (Fsp3) is 0.118. The van der Waals surface area contributed by atoms with Crippen LogP contribution in [0.3, 0.4) is 0 Å². The van der Waals surface area contributed by atoms with Crippen LogP contribution < -0.4 is 16.4 Å². The van der Waals surface area contributed by atoms with Crippen molar-refractivity contribution in [1.82, 2.24) is 25.5 Å². The van der Waals surface area contributed by atoms with Crippen LogP contribution in [0.2, 0.25) is 0 Å². The maximum atomic E-state index is 14.4. The number of H-pyrrole nitrogens is 1. The number of halogens is 1. The molecule has 0 aliphatic heterocycles. The van der Waals surface area contributed by atoms with E-state index < -0.39 is 17.6 Å². The Balaban J connectivity index is 1.97. The molecule has 1 aromatic carbocycles. The topological polar surface area (TPSA) is 139 Å². The Morgan fingerprint density at radius 3 is 2.74 bits per heavy atom. The van der Waals surface area contributed by atoms with E-state index in [1.807, 2.05) is 0 Å². The predicted octanol–water partition coefficient (Wildman–Crippen LogP) is 1.35. The van der Waals surface area contributed by atoms with Crippen molar-refractivity contribution in [2.75, 3.05) is 11.9 Å². The third kappa shape index (κ3) is 4.24. The Morgan fingerprint density at radius 2 is 2.04 bits per heavy atom. The molecule has 9 nitrogen and oxygen atoms in total. The van der Waals surface area contributed by atoms with Crippen LogP contribution >= 0.6 is 0 Å². The molecule has 3 aromatic rings. The maximum Gasteiger partial charge on any atom is 0.270 e. The van der Waals surface area contributed by atoms with Gasteiger partial charge >= 0.3 is 0 Å². The second-order valence-electron chi connectivity index (χ2n) is 5.49. The van der Waals surface area contributed by atoms with Crippen molar-refractivity contribution in [3.63, 3.8) is 0 Å². The van der Waals surface area contributed by atoms with Gasteiger partial charge in [-0.25, -0.2) is 14.4 Å². The number of carbonyl (C=O) groups is 2. The molecule has 2 amide bonds. The van der Waals surface area contributed by atoms with Crippen molar-refractivity contribution in [3.8, 4) is 11.1 Å². The molecular weight excluding hydrogens is 353 g/mol. The number of hydrogen-bond acceptors (Lipinski definition) is 6. The molecule has 0 saturated carbocycles. The van der Waals surface area contributed by atoms with E-state index in [4.69, 9.17) is 5.73 Å². The third-order valence-corrected chi connectivity index (χ3v) is 3.62.